The van der Waals surface area contributed by atoms with E-state index in [9.17, 15) is 14.7 Å². The molecule has 1 atom stereocenters. The van der Waals surface area contributed by atoms with Gasteiger partial charge in [0.25, 0.3) is 0 Å². The molecule has 0 saturated carbocycles. The van der Waals surface area contributed by atoms with Gasteiger partial charge in [-0.25, -0.2) is 0 Å². The monoisotopic (exact) mass is 785 g/mol. The summed E-state index contributed by atoms with van der Waals surface area (Å²) in [5.41, 5.74) is 0. The Kier molecular flexibility index (Phi) is 45.4. The molecule has 0 aromatic rings. The Morgan fingerprint density at radius 2 is 0.714 bits per heavy atom. The summed E-state index contributed by atoms with van der Waals surface area (Å²) in [6, 6.07) is 0. The minimum Gasteiger partial charge on any atom is -0.462 e. The molecule has 0 aliphatic rings. The highest BCUT2D eigenvalue weighted by Gasteiger charge is 2.16. The highest BCUT2D eigenvalue weighted by Crippen LogP contribution is 2.14. The van der Waals surface area contributed by atoms with Crippen molar-refractivity contribution >= 4 is 11.9 Å². The Morgan fingerprint density at radius 3 is 1.05 bits per heavy atom. The van der Waals surface area contributed by atoms with Crippen molar-refractivity contribution in [2.24, 2.45) is 0 Å². The van der Waals surface area contributed by atoms with Crippen LogP contribution in [0.5, 0.6) is 0 Å². The molecule has 0 amide bonds. The first-order valence-corrected chi connectivity index (χ1v) is 24.2. The molecule has 0 bridgehead atoms. The second-order valence-electron chi connectivity index (χ2n) is 16.2. The van der Waals surface area contributed by atoms with Gasteiger partial charge in [-0.15, -0.1) is 0 Å². The SMILES string of the molecule is CCCCCCC/C=C\C/C=C\CCCCCCCCCCCC(=O)OCC(CO)OC(=O)CCCCCCCCCCC/C=C\C/C=C\CCCCCCC. The summed E-state index contributed by atoms with van der Waals surface area (Å²) in [6.07, 6.45) is 60.4. The van der Waals surface area contributed by atoms with Gasteiger partial charge in [0, 0.05) is 12.8 Å². The van der Waals surface area contributed by atoms with Gasteiger partial charge in [-0.05, 0) is 77.0 Å². The topological polar surface area (TPSA) is 72.8 Å². The van der Waals surface area contributed by atoms with E-state index in [1.165, 1.54) is 167 Å². The molecule has 0 spiro atoms. The summed E-state index contributed by atoms with van der Waals surface area (Å²) in [5, 5.41) is 9.61. The van der Waals surface area contributed by atoms with Gasteiger partial charge >= 0.3 is 11.9 Å². The Labute approximate surface area is 348 Å². The van der Waals surface area contributed by atoms with Crippen molar-refractivity contribution in [2.75, 3.05) is 13.2 Å². The van der Waals surface area contributed by atoms with Gasteiger partial charge in [-0.1, -0.05) is 204 Å². The first kappa shape index (κ1) is 53.9. The first-order valence-electron chi connectivity index (χ1n) is 24.2. The fourth-order valence-corrected chi connectivity index (χ4v) is 6.91. The number of unbranched alkanes of at least 4 members (excludes halogenated alkanes) is 28. The highest BCUT2D eigenvalue weighted by molar-refractivity contribution is 5.70. The molecule has 0 fully saturated rings. The standard InChI is InChI=1S/C51H92O5/c1-3-5-7-9-11-13-15-17-19-21-23-25-27-29-31-33-35-37-39-41-43-45-50(53)55-48-49(47-52)56-51(54)46-44-42-40-38-36-34-32-30-28-26-24-22-20-18-16-14-12-10-8-6-4-2/h15-18,21-24,49,52H,3-14,19-20,25-48H2,1-2H3/b17-15-,18-16-,23-21-,24-22-. The summed E-state index contributed by atoms with van der Waals surface area (Å²) in [6.45, 7) is 4.13. The number of carbonyl (C=O) groups is 2. The maximum atomic E-state index is 12.2. The minimum absolute atomic E-state index is 0.0693. The lowest BCUT2D eigenvalue weighted by atomic mass is 10.1. The van der Waals surface area contributed by atoms with Gasteiger partial charge in [0.1, 0.15) is 6.61 Å². The van der Waals surface area contributed by atoms with Crippen LogP contribution in [0, 0.1) is 0 Å². The average molecular weight is 785 g/mol. The maximum absolute atomic E-state index is 12.2. The van der Waals surface area contributed by atoms with Crippen LogP contribution >= 0.6 is 0 Å². The smallest absolute Gasteiger partial charge is 0.306 e. The zero-order valence-electron chi connectivity index (χ0n) is 37.1. The van der Waals surface area contributed by atoms with E-state index in [2.05, 4.69) is 62.5 Å². The van der Waals surface area contributed by atoms with Gasteiger partial charge in [-0.3, -0.25) is 9.59 Å². The third kappa shape index (κ3) is 44.6. The van der Waals surface area contributed by atoms with Crippen LogP contribution in [0.25, 0.3) is 0 Å². The Balaban J connectivity index is 3.53. The number of aliphatic hydroxyl groups is 1. The van der Waals surface area contributed by atoms with Crippen molar-refractivity contribution < 1.29 is 24.2 Å². The maximum Gasteiger partial charge on any atom is 0.306 e. The largest absolute Gasteiger partial charge is 0.462 e. The van der Waals surface area contributed by atoms with Crippen LogP contribution in [0.15, 0.2) is 48.6 Å². The number of rotatable bonds is 44. The zero-order valence-corrected chi connectivity index (χ0v) is 37.1. The fraction of sp³-hybridized carbons (Fsp3) is 0.804. The van der Waals surface area contributed by atoms with E-state index < -0.39 is 6.10 Å². The molecule has 56 heavy (non-hydrogen) atoms. The molecule has 0 aliphatic carbocycles. The molecular formula is C51H92O5. The Bertz CT molecular complexity index is 935. The summed E-state index contributed by atoms with van der Waals surface area (Å²) in [7, 11) is 0. The third-order valence-electron chi connectivity index (χ3n) is 10.6. The highest BCUT2D eigenvalue weighted by atomic mass is 16.6. The average Bonchev–Trinajstić information content (AvgIpc) is 3.20. The molecular weight excluding hydrogens is 693 g/mol. The fourth-order valence-electron chi connectivity index (χ4n) is 6.91. The Hall–Kier alpha value is -2.14. The predicted molar refractivity (Wildman–Crippen MR) is 242 cm³/mol. The molecule has 0 heterocycles. The zero-order chi connectivity index (χ0) is 40.7. The quantitative estimate of drug-likeness (QED) is 0.0378. The number of hydrogen-bond donors (Lipinski definition) is 1. The van der Waals surface area contributed by atoms with E-state index in [1.54, 1.807) is 0 Å². The molecule has 1 unspecified atom stereocenters. The summed E-state index contributed by atoms with van der Waals surface area (Å²) in [5.74, 6) is -0.594. The molecule has 5 nitrogen and oxygen atoms in total. The second-order valence-corrected chi connectivity index (χ2v) is 16.2. The van der Waals surface area contributed by atoms with Crippen molar-refractivity contribution in [3.8, 4) is 0 Å². The number of esters is 2. The van der Waals surface area contributed by atoms with Crippen LogP contribution in [0.1, 0.15) is 245 Å². The second kappa shape index (κ2) is 47.2. The van der Waals surface area contributed by atoms with Crippen LogP contribution in [0.2, 0.25) is 0 Å². The number of aliphatic hydroxyl groups excluding tert-OH is 1. The van der Waals surface area contributed by atoms with Crippen LogP contribution in [-0.2, 0) is 19.1 Å². The van der Waals surface area contributed by atoms with Crippen LogP contribution in [0.3, 0.4) is 0 Å². The first-order chi connectivity index (χ1) is 27.6. The lowest BCUT2D eigenvalue weighted by molar-refractivity contribution is -0.161. The molecule has 5 heteroatoms. The van der Waals surface area contributed by atoms with E-state index in [-0.39, 0.29) is 25.2 Å². The van der Waals surface area contributed by atoms with Crippen molar-refractivity contribution in [2.45, 2.75) is 251 Å². The van der Waals surface area contributed by atoms with E-state index in [0.717, 1.165) is 51.4 Å². The molecule has 0 rings (SSSR count). The normalized spacial score (nSPS) is 12.6. The van der Waals surface area contributed by atoms with Gasteiger partial charge in [0.05, 0.1) is 6.61 Å². The molecule has 326 valence electrons. The number of ether oxygens (including phenoxy) is 2. The van der Waals surface area contributed by atoms with Crippen molar-refractivity contribution in [1.29, 1.82) is 0 Å². The summed E-state index contributed by atoms with van der Waals surface area (Å²) in [4.78, 5) is 24.4. The molecule has 1 N–H and O–H groups in total. The minimum atomic E-state index is -0.776. The van der Waals surface area contributed by atoms with Crippen molar-refractivity contribution in [1.82, 2.24) is 0 Å². The van der Waals surface area contributed by atoms with Gasteiger partial charge in [0.2, 0.25) is 0 Å². The molecule has 0 saturated heterocycles. The van der Waals surface area contributed by atoms with Crippen molar-refractivity contribution in [3.63, 3.8) is 0 Å². The molecule has 0 aliphatic heterocycles. The molecule has 0 radical (unpaired) electrons. The third-order valence-corrected chi connectivity index (χ3v) is 10.6. The van der Waals surface area contributed by atoms with E-state index in [4.69, 9.17) is 9.47 Å². The summed E-state index contributed by atoms with van der Waals surface area (Å²) >= 11 is 0. The van der Waals surface area contributed by atoms with Gasteiger partial charge in [0.15, 0.2) is 6.10 Å². The van der Waals surface area contributed by atoms with E-state index in [0.29, 0.717) is 12.8 Å². The number of allylic oxidation sites excluding steroid dienone is 8. The number of carbonyl (C=O) groups excluding carboxylic acids is 2. The van der Waals surface area contributed by atoms with E-state index in [1.807, 2.05) is 0 Å². The van der Waals surface area contributed by atoms with Gasteiger partial charge < -0.3 is 14.6 Å². The lowest BCUT2D eigenvalue weighted by Gasteiger charge is -2.15. The van der Waals surface area contributed by atoms with Gasteiger partial charge in [-0.2, -0.15) is 0 Å². The lowest BCUT2D eigenvalue weighted by Crippen LogP contribution is -2.28. The predicted octanol–water partition coefficient (Wildman–Crippen LogP) is 15.7. The van der Waals surface area contributed by atoms with Crippen LogP contribution in [-0.4, -0.2) is 36.4 Å². The van der Waals surface area contributed by atoms with Crippen molar-refractivity contribution in [3.05, 3.63) is 48.6 Å². The van der Waals surface area contributed by atoms with Crippen LogP contribution in [0.4, 0.5) is 0 Å². The summed E-state index contributed by atoms with van der Waals surface area (Å²) < 4.78 is 10.7. The van der Waals surface area contributed by atoms with Crippen LogP contribution < -0.4 is 0 Å². The van der Waals surface area contributed by atoms with E-state index >= 15 is 0 Å². The molecule has 0 aromatic carbocycles. The number of hydrogen-bond acceptors (Lipinski definition) is 5. The Morgan fingerprint density at radius 1 is 0.411 bits per heavy atom. The molecule has 0 aromatic heterocycles.